The third-order valence-electron chi connectivity index (χ3n) is 2.82. The van der Waals surface area contributed by atoms with Gasteiger partial charge in [-0.2, -0.15) is 5.26 Å². The van der Waals surface area contributed by atoms with Crippen LogP contribution in [0, 0.1) is 18.3 Å². The van der Waals surface area contributed by atoms with Gasteiger partial charge >= 0.3 is 0 Å². The van der Waals surface area contributed by atoms with Crippen LogP contribution >= 0.6 is 0 Å². The molecule has 0 amide bonds. The number of nitrogens with zero attached hydrogens (tertiary/aromatic N) is 2. The van der Waals surface area contributed by atoms with Crippen LogP contribution in [-0.2, 0) is 20.0 Å². The second-order valence-electron chi connectivity index (χ2n) is 4.59. The van der Waals surface area contributed by atoms with E-state index < -0.39 is 20.0 Å². The Morgan fingerprint density at radius 1 is 1.24 bits per heavy atom. The minimum atomic E-state index is -3.86. The summed E-state index contributed by atoms with van der Waals surface area (Å²) in [4.78, 5) is -0.0243. The quantitative estimate of drug-likeness (QED) is 0.791. The second-order valence-corrected chi connectivity index (χ2v) is 8.63. The van der Waals surface area contributed by atoms with Gasteiger partial charge in [-0.15, -0.1) is 0 Å². The van der Waals surface area contributed by atoms with Crippen molar-refractivity contribution in [1.29, 1.82) is 5.26 Å². The van der Waals surface area contributed by atoms with Crippen molar-refractivity contribution in [2.75, 3.05) is 26.4 Å². The van der Waals surface area contributed by atoms with E-state index in [2.05, 4.69) is 4.72 Å². The Labute approximate surface area is 125 Å². The molecule has 0 bridgehead atoms. The molecule has 0 saturated carbocycles. The van der Waals surface area contributed by atoms with Gasteiger partial charge in [0.1, 0.15) is 0 Å². The fraction of sp³-hybridized carbons (Fsp3) is 0.417. The van der Waals surface area contributed by atoms with Crippen LogP contribution < -0.4 is 4.72 Å². The largest absolute Gasteiger partial charge is 0.240 e. The van der Waals surface area contributed by atoms with E-state index in [-0.39, 0.29) is 22.8 Å². The highest BCUT2D eigenvalue weighted by atomic mass is 32.2. The summed E-state index contributed by atoms with van der Waals surface area (Å²) in [5.41, 5.74) is 0.707. The summed E-state index contributed by atoms with van der Waals surface area (Å²) in [6.45, 7) is 1.37. The molecule has 1 rings (SSSR count). The first-order valence-electron chi connectivity index (χ1n) is 6.01. The number of benzene rings is 1. The van der Waals surface area contributed by atoms with E-state index in [0.717, 1.165) is 4.31 Å². The Kier molecular flexibility index (Phi) is 5.47. The van der Waals surface area contributed by atoms with Crippen molar-refractivity contribution in [2.24, 2.45) is 0 Å². The van der Waals surface area contributed by atoms with Gasteiger partial charge in [0, 0.05) is 20.6 Å². The summed E-state index contributed by atoms with van der Waals surface area (Å²) < 4.78 is 50.7. The summed E-state index contributed by atoms with van der Waals surface area (Å²) in [5, 5.41) is 8.81. The van der Waals surface area contributed by atoms with E-state index in [9.17, 15) is 16.8 Å². The molecule has 0 aliphatic rings. The molecule has 9 heteroatoms. The van der Waals surface area contributed by atoms with Gasteiger partial charge in [-0.1, -0.05) is 6.07 Å². The number of hydrogen-bond donors (Lipinski definition) is 1. The van der Waals surface area contributed by atoms with E-state index in [0.29, 0.717) is 5.56 Å². The van der Waals surface area contributed by atoms with Gasteiger partial charge in [0.05, 0.1) is 22.3 Å². The van der Waals surface area contributed by atoms with Crippen molar-refractivity contribution in [3.8, 4) is 6.07 Å². The summed E-state index contributed by atoms with van der Waals surface area (Å²) in [6, 6.07) is 6.18. The Morgan fingerprint density at radius 2 is 1.86 bits per heavy atom. The van der Waals surface area contributed by atoms with E-state index >= 15 is 0 Å². The molecule has 1 N–H and O–H groups in total. The zero-order valence-electron chi connectivity index (χ0n) is 12.0. The molecule has 0 aliphatic heterocycles. The molecular weight excluding hydrogens is 314 g/mol. The smallest absolute Gasteiger partial charge is 0.212 e. The van der Waals surface area contributed by atoms with Gasteiger partial charge in [-0.3, -0.25) is 0 Å². The minimum absolute atomic E-state index is 0.0243. The summed E-state index contributed by atoms with van der Waals surface area (Å²) in [6.07, 6.45) is 0. The molecular formula is C12H17N3O4S2. The minimum Gasteiger partial charge on any atom is -0.212 e. The highest BCUT2D eigenvalue weighted by molar-refractivity contribution is 7.90. The SMILES string of the molecule is Cc1ccc(C#N)cc1S(=O)(=O)NCCS(=O)(=O)N(C)C. The molecule has 116 valence electrons. The van der Waals surface area contributed by atoms with Gasteiger partial charge in [0.25, 0.3) is 0 Å². The Bertz CT molecular complexity index is 762. The zero-order valence-corrected chi connectivity index (χ0v) is 13.6. The molecule has 1 aromatic carbocycles. The zero-order chi connectivity index (χ0) is 16.3. The molecule has 0 fully saturated rings. The highest BCUT2D eigenvalue weighted by Crippen LogP contribution is 2.16. The van der Waals surface area contributed by atoms with Gasteiger partial charge in [0.2, 0.25) is 20.0 Å². The molecule has 21 heavy (non-hydrogen) atoms. The van der Waals surface area contributed by atoms with E-state index in [1.807, 2.05) is 6.07 Å². The van der Waals surface area contributed by atoms with Crippen molar-refractivity contribution in [1.82, 2.24) is 9.03 Å². The summed E-state index contributed by atoms with van der Waals surface area (Å²) in [7, 11) is -4.57. The number of sulfonamides is 2. The van der Waals surface area contributed by atoms with Crippen LogP contribution in [0.3, 0.4) is 0 Å². The van der Waals surface area contributed by atoms with Crippen molar-refractivity contribution in [3.63, 3.8) is 0 Å². The molecule has 0 heterocycles. The molecule has 0 unspecified atom stereocenters. The van der Waals surface area contributed by atoms with Gasteiger partial charge < -0.3 is 0 Å². The number of nitriles is 1. The first-order chi connectivity index (χ1) is 9.60. The lowest BCUT2D eigenvalue weighted by Gasteiger charge is -2.12. The average Bonchev–Trinajstić information content (AvgIpc) is 2.38. The Hall–Kier alpha value is -1.47. The van der Waals surface area contributed by atoms with Crippen LogP contribution in [0.2, 0.25) is 0 Å². The maximum absolute atomic E-state index is 12.1. The molecule has 0 aliphatic carbocycles. The normalized spacial score (nSPS) is 12.3. The van der Waals surface area contributed by atoms with Crippen LogP contribution in [0.4, 0.5) is 0 Å². The van der Waals surface area contributed by atoms with Crippen LogP contribution in [0.15, 0.2) is 23.1 Å². The fourth-order valence-corrected chi connectivity index (χ4v) is 3.68. The lowest BCUT2D eigenvalue weighted by atomic mass is 10.2. The third kappa shape index (κ3) is 4.50. The average molecular weight is 331 g/mol. The number of hydrogen-bond acceptors (Lipinski definition) is 5. The van der Waals surface area contributed by atoms with Crippen LogP contribution in [0.5, 0.6) is 0 Å². The van der Waals surface area contributed by atoms with E-state index in [1.165, 1.54) is 32.3 Å². The van der Waals surface area contributed by atoms with Crippen molar-refractivity contribution >= 4 is 20.0 Å². The topological polar surface area (TPSA) is 107 Å². The van der Waals surface area contributed by atoms with Gasteiger partial charge in [0.15, 0.2) is 0 Å². The fourth-order valence-electron chi connectivity index (χ4n) is 1.52. The van der Waals surface area contributed by atoms with E-state index in [1.54, 1.807) is 6.92 Å². The maximum atomic E-state index is 12.1. The molecule has 0 radical (unpaired) electrons. The predicted molar refractivity (Wildman–Crippen MR) is 78.6 cm³/mol. The van der Waals surface area contributed by atoms with Gasteiger partial charge in [-0.05, 0) is 24.6 Å². The van der Waals surface area contributed by atoms with Crippen molar-refractivity contribution in [3.05, 3.63) is 29.3 Å². The van der Waals surface area contributed by atoms with Crippen molar-refractivity contribution in [2.45, 2.75) is 11.8 Å². The first kappa shape index (κ1) is 17.6. The predicted octanol–water partition coefficient (Wildman–Crippen LogP) is 0.0364. The van der Waals surface area contributed by atoms with Crippen molar-refractivity contribution < 1.29 is 16.8 Å². The molecule has 0 atom stereocenters. The first-order valence-corrected chi connectivity index (χ1v) is 9.10. The lowest BCUT2D eigenvalue weighted by molar-refractivity contribution is 0.519. The number of nitrogens with one attached hydrogen (secondary N) is 1. The van der Waals surface area contributed by atoms with Crippen LogP contribution in [-0.4, -0.2) is 47.5 Å². The monoisotopic (exact) mass is 331 g/mol. The Balaban J connectivity index is 2.92. The summed E-state index contributed by atoms with van der Waals surface area (Å²) in [5.74, 6) is -0.337. The standard InChI is InChI=1S/C12H17N3O4S2/c1-10-4-5-11(9-13)8-12(10)21(18,19)14-6-7-20(16,17)15(2)3/h4-5,8,14H,6-7H2,1-3H3. The maximum Gasteiger partial charge on any atom is 0.240 e. The highest BCUT2D eigenvalue weighted by Gasteiger charge is 2.19. The number of rotatable bonds is 6. The van der Waals surface area contributed by atoms with Crippen LogP contribution in [0.25, 0.3) is 0 Å². The third-order valence-corrected chi connectivity index (χ3v) is 6.25. The lowest BCUT2D eigenvalue weighted by Crippen LogP contribution is -2.34. The molecule has 0 spiro atoms. The second kappa shape index (κ2) is 6.53. The molecule has 1 aromatic rings. The Morgan fingerprint density at radius 3 is 2.38 bits per heavy atom. The molecule has 0 aromatic heterocycles. The van der Waals surface area contributed by atoms with Gasteiger partial charge in [-0.25, -0.2) is 25.9 Å². The number of aryl methyl sites for hydroxylation is 1. The molecule has 0 saturated heterocycles. The molecule has 7 nitrogen and oxygen atoms in total. The van der Waals surface area contributed by atoms with Crippen LogP contribution in [0.1, 0.15) is 11.1 Å². The summed E-state index contributed by atoms with van der Waals surface area (Å²) >= 11 is 0. The van der Waals surface area contributed by atoms with E-state index in [4.69, 9.17) is 5.26 Å².